The van der Waals surface area contributed by atoms with Gasteiger partial charge in [-0.1, -0.05) is 0 Å². The van der Waals surface area contributed by atoms with Crippen molar-refractivity contribution in [2.75, 3.05) is 34.5 Å². The Kier molecular flexibility index (Phi) is 5.79. The number of aliphatic carboxylic acids is 1. The van der Waals surface area contributed by atoms with Crippen LogP contribution in [0.5, 0.6) is 17.2 Å². The first-order valence-electron chi connectivity index (χ1n) is 5.66. The Balaban J connectivity index is 3.02. The Morgan fingerprint density at radius 1 is 1.00 bits per heavy atom. The zero-order chi connectivity index (χ0) is 15.1. The third-order valence-electron chi connectivity index (χ3n) is 2.45. The fourth-order valence-corrected chi connectivity index (χ4v) is 1.58. The van der Waals surface area contributed by atoms with Gasteiger partial charge in [-0.3, -0.25) is 4.79 Å². The van der Waals surface area contributed by atoms with E-state index in [1.165, 1.54) is 33.5 Å². The van der Waals surface area contributed by atoms with Gasteiger partial charge in [-0.15, -0.1) is 0 Å². The molecule has 1 rings (SSSR count). The maximum atomic E-state index is 12.1. The predicted octanol–water partition coefficient (Wildman–Crippen LogP) is 0.996. The van der Waals surface area contributed by atoms with E-state index in [0.29, 0.717) is 5.75 Å². The average Bonchev–Trinajstić information content (AvgIpc) is 2.44. The second-order valence-corrected chi connectivity index (χ2v) is 3.72. The number of carboxylic acids is 1. The van der Waals surface area contributed by atoms with Crippen molar-refractivity contribution in [2.24, 2.45) is 0 Å². The number of hydrogen-bond acceptors (Lipinski definition) is 6. The van der Waals surface area contributed by atoms with Crippen LogP contribution >= 0.6 is 0 Å². The fraction of sp³-hybridized carbons (Fsp3) is 0.385. The van der Waals surface area contributed by atoms with Gasteiger partial charge in [0.2, 0.25) is 0 Å². The molecule has 0 aromatic heterocycles. The molecular formula is C13H16O7. The van der Waals surface area contributed by atoms with Crippen molar-refractivity contribution in [1.29, 1.82) is 0 Å². The van der Waals surface area contributed by atoms with E-state index in [4.69, 9.17) is 24.1 Å². The number of rotatable bonds is 8. The number of carboxylic acid groups (broad SMARTS) is 1. The van der Waals surface area contributed by atoms with E-state index in [1.54, 1.807) is 0 Å². The fourth-order valence-electron chi connectivity index (χ4n) is 1.58. The molecule has 1 aromatic carbocycles. The molecule has 0 saturated heterocycles. The van der Waals surface area contributed by atoms with Crippen LogP contribution in [0.15, 0.2) is 12.1 Å². The highest BCUT2D eigenvalue weighted by molar-refractivity contribution is 6.02. The van der Waals surface area contributed by atoms with Crippen molar-refractivity contribution < 1.29 is 33.6 Å². The molecule has 0 spiro atoms. The van der Waals surface area contributed by atoms with Gasteiger partial charge in [-0.05, 0) is 0 Å². The van der Waals surface area contributed by atoms with Crippen LogP contribution in [-0.2, 0) is 9.53 Å². The molecule has 0 heterocycles. The molecule has 0 atom stereocenters. The first-order valence-corrected chi connectivity index (χ1v) is 5.66. The minimum atomic E-state index is -1.15. The lowest BCUT2D eigenvalue weighted by molar-refractivity contribution is -0.141. The Morgan fingerprint density at radius 2 is 1.55 bits per heavy atom. The summed E-state index contributed by atoms with van der Waals surface area (Å²) in [6.07, 6.45) is 0. The maximum Gasteiger partial charge on any atom is 0.329 e. The highest BCUT2D eigenvalue weighted by Crippen LogP contribution is 2.34. The van der Waals surface area contributed by atoms with Crippen LogP contribution in [0.4, 0.5) is 0 Å². The van der Waals surface area contributed by atoms with Gasteiger partial charge in [0.15, 0.2) is 5.78 Å². The van der Waals surface area contributed by atoms with Gasteiger partial charge in [0.25, 0.3) is 0 Å². The minimum Gasteiger partial charge on any atom is -0.496 e. The Hall–Kier alpha value is -2.28. The van der Waals surface area contributed by atoms with E-state index >= 15 is 0 Å². The third-order valence-corrected chi connectivity index (χ3v) is 2.45. The normalized spacial score (nSPS) is 9.95. The largest absolute Gasteiger partial charge is 0.496 e. The first-order chi connectivity index (χ1) is 9.53. The summed E-state index contributed by atoms with van der Waals surface area (Å²) in [6, 6.07) is 3.07. The summed E-state index contributed by atoms with van der Waals surface area (Å²) in [4.78, 5) is 22.4. The maximum absolute atomic E-state index is 12.1. The molecule has 0 saturated carbocycles. The summed E-state index contributed by atoms with van der Waals surface area (Å²) in [7, 11) is 4.29. The van der Waals surface area contributed by atoms with Crippen LogP contribution in [0, 0.1) is 0 Å². The summed E-state index contributed by atoms with van der Waals surface area (Å²) in [6.45, 7) is -0.933. The van der Waals surface area contributed by atoms with E-state index in [9.17, 15) is 9.59 Å². The predicted molar refractivity (Wildman–Crippen MR) is 68.9 cm³/mol. The van der Waals surface area contributed by atoms with Crippen LogP contribution in [0.25, 0.3) is 0 Å². The lowest BCUT2D eigenvalue weighted by Crippen LogP contribution is -2.16. The van der Waals surface area contributed by atoms with Crippen LogP contribution in [-0.4, -0.2) is 51.4 Å². The van der Waals surface area contributed by atoms with Crippen molar-refractivity contribution >= 4 is 11.8 Å². The molecule has 0 aliphatic heterocycles. The van der Waals surface area contributed by atoms with Crippen molar-refractivity contribution in [3.05, 3.63) is 17.7 Å². The molecular weight excluding hydrogens is 268 g/mol. The Labute approximate surface area is 116 Å². The summed E-state index contributed by atoms with van der Waals surface area (Å²) in [5.74, 6) is -0.578. The lowest BCUT2D eigenvalue weighted by atomic mass is 10.1. The minimum absolute atomic E-state index is 0.182. The number of Topliss-reactive ketones (excluding diaryl/α,β-unsaturated/α-hetero) is 1. The summed E-state index contributed by atoms with van der Waals surface area (Å²) >= 11 is 0. The van der Waals surface area contributed by atoms with E-state index < -0.39 is 18.4 Å². The molecule has 0 fully saturated rings. The Bertz CT molecular complexity index is 470. The number of hydrogen-bond donors (Lipinski definition) is 1. The number of methoxy groups -OCH3 is 3. The zero-order valence-corrected chi connectivity index (χ0v) is 11.5. The topological polar surface area (TPSA) is 91.3 Å². The molecule has 0 unspecified atom stereocenters. The molecule has 7 heteroatoms. The molecule has 0 amide bonds. The van der Waals surface area contributed by atoms with E-state index in [2.05, 4.69) is 0 Å². The van der Waals surface area contributed by atoms with Crippen LogP contribution in [0.2, 0.25) is 0 Å². The standard InChI is InChI=1S/C13H16O7/c1-17-8-4-10(18-2)13(11(5-8)19-3)9(14)6-20-7-12(15)16/h4-5H,6-7H2,1-3H3,(H,15,16). The Morgan fingerprint density at radius 3 is 1.95 bits per heavy atom. The number of carbonyl (C=O) groups excluding carboxylic acids is 1. The molecule has 0 aliphatic rings. The SMILES string of the molecule is COc1cc(OC)c(C(=O)COCC(=O)O)c(OC)c1. The van der Waals surface area contributed by atoms with Gasteiger partial charge < -0.3 is 24.1 Å². The van der Waals surface area contributed by atoms with Crippen molar-refractivity contribution in [3.63, 3.8) is 0 Å². The van der Waals surface area contributed by atoms with Crippen molar-refractivity contribution in [3.8, 4) is 17.2 Å². The van der Waals surface area contributed by atoms with Gasteiger partial charge in [0.1, 0.15) is 36.0 Å². The molecule has 1 N–H and O–H groups in total. The molecule has 7 nitrogen and oxygen atoms in total. The van der Waals surface area contributed by atoms with Gasteiger partial charge in [0.05, 0.1) is 21.3 Å². The molecule has 110 valence electrons. The number of carbonyl (C=O) groups is 2. The van der Waals surface area contributed by atoms with Crippen LogP contribution in [0.3, 0.4) is 0 Å². The van der Waals surface area contributed by atoms with Gasteiger partial charge >= 0.3 is 5.97 Å². The van der Waals surface area contributed by atoms with Gasteiger partial charge in [0, 0.05) is 12.1 Å². The van der Waals surface area contributed by atoms with E-state index in [-0.39, 0.29) is 23.7 Å². The van der Waals surface area contributed by atoms with Crippen LogP contribution < -0.4 is 14.2 Å². The summed E-state index contributed by atoms with van der Waals surface area (Å²) in [5, 5.41) is 8.46. The number of ketones is 1. The molecule has 0 radical (unpaired) electrons. The van der Waals surface area contributed by atoms with Gasteiger partial charge in [-0.25, -0.2) is 4.79 Å². The molecule has 20 heavy (non-hydrogen) atoms. The third kappa shape index (κ3) is 3.86. The molecule has 0 aliphatic carbocycles. The smallest absolute Gasteiger partial charge is 0.329 e. The van der Waals surface area contributed by atoms with E-state index in [0.717, 1.165) is 0 Å². The summed E-state index contributed by atoms with van der Waals surface area (Å²) in [5.41, 5.74) is 0.182. The van der Waals surface area contributed by atoms with Crippen molar-refractivity contribution in [2.45, 2.75) is 0 Å². The molecule has 0 bridgehead atoms. The quantitative estimate of drug-likeness (QED) is 0.712. The number of ether oxygens (including phenoxy) is 4. The average molecular weight is 284 g/mol. The summed E-state index contributed by atoms with van der Waals surface area (Å²) < 4.78 is 20.1. The lowest BCUT2D eigenvalue weighted by Gasteiger charge is -2.14. The first kappa shape index (κ1) is 15.8. The van der Waals surface area contributed by atoms with Gasteiger partial charge in [-0.2, -0.15) is 0 Å². The monoisotopic (exact) mass is 284 g/mol. The molecule has 1 aromatic rings. The highest BCUT2D eigenvalue weighted by Gasteiger charge is 2.20. The van der Waals surface area contributed by atoms with Crippen molar-refractivity contribution in [1.82, 2.24) is 0 Å². The zero-order valence-electron chi connectivity index (χ0n) is 11.5. The second-order valence-electron chi connectivity index (χ2n) is 3.72. The van der Waals surface area contributed by atoms with E-state index in [1.807, 2.05) is 0 Å². The van der Waals surface area contributed by atoms with Crippen LogP contribution in [0.1, 0.15) is 10.4 Å². The number of benzene rings is 1. The second kappa shape index (κ2) is 7.34. The highest BCUT2D eigenvalue weighted by atomic mass is 16.5.